The van der Waals surface area contributed by atoms with Gasteiger partial charge in [0.25, 0.3) is 0 Å². The maximum atomic E-state index is 12.5. The topological polar surface area (TPSA) is 41.1 Å². The van der Waals surface area contributed by atoms with Crippen molar-refractivity contribution in [1.82, 2.24) is 10.6 Å². The van der Waals surface area contributed by atoms with Gasteiger partial charge in [-0.2, -0.15) is 0 Å². The molecule has 2 bridgehead atoms. The molecule has 0 radical (unpaired) electrons. The van der Waals surface area contributed by atoms with Crippen LogP contribution in [0.1, 0.15) is 44.0 Å². The van der Waals surface area contributed by atoms with E-state index in [0.29, 0.717) is 18.0 Å². The first-order valence-corrected chi connectivity index (χ1v) is 8.13. The first kappa shape index (κ1) is 13.1. The van der Waals surface area contributed by atoms with Gasteiger partial charge in [-0.3, -0.25) is 4.79 Å². The van der Waals surface area contributed by atoms with Crippen molar-refractivity contribution in [1.29, 1.82) is 0 Å². The van der Waals surface area contributed by atoms with Crippen LogP contribution in [0.15, 0.2) is 17.5 Å². The third kappa shape index (κ3) is 2.56. The Morgan fingerprint density at radius 1 is 1.47 bits per heavy atom. The fourth-order valence-electron chi connectivity index (χ4n) is 3.41. The zero-order valence-electron chi connectivity index (χ0n) is 11.6. The maximum Gasteiger partial charge on any atom is 0.225 e. The predicted octanol–water partition coefficient (Wildman–Crippen LogP) is 2.70. The lowest BCUT2D eigenvalue weighted by atomic mass is 9.88. The number of fused-ring (bicyclic) bond motifs is 2. The number of nitrogens with one attached hydrogen (secondary N) is 2. The van der Waals surface area contributed by atoms with E-state index in [0.717, 1.165) is 12.8 Å². The summed E-state index contributed by atoms with van der Waals surface area (Å²) in [6.07, 6.45) is 3.42. The monoisotopic (exact) mass is 278 g/mol. The molecule has 19 heavy (non-hydrogen) atoms. The number of carbonyl (C=O) groups is 1. The number of amides is 1. The van der Waals surface area contributed by atoms with E-state index >= 15 is 0 Å². The molecule has 2 fully saturated rings. The van der Waals surface area contributed by atoms with Gasteiger partial charge in [-0.15, -0.1) is 11.3 Å². The lowest BCUT2D eigenvalue weighted by Gasteiger charge is -2.26. The molecule has 3 rings (SSSR count). The van der Waals surface area contributed by atoms with E-state index in [-0.39, 0.29) is 17.9 Å². The molecule has 2 saturated heterocycles. The number of rotatable bonds is 4. The minimum atomic E-state index is 0.159. The Hall–Kier alpha value is -0.870. The Bertz CT molecular complexity index is 443. The van der Waals surface area contributed by atoms with Gasteiger partial charge >= 0.3 is 0 Å². The molecule has 3 nitrogen and oxygen atoms in total. The fraction of sp³-hybridized carbons (Fsp3) is 0.667. The van der Waals surface area contributed by atoms with Gasteiger partial charge in [0.2, 0.25) is 5.91 Å². The zero-order chi connectivity index (χ0) is 13.4. The fourth-order valence-corrected chi connectivity index (χ4v) is 4.36. The first-order chi connectivity index (χ1) is 9.15. The molecule has 4 atom stereocenters. The number of thiophene rings is 1. The molecule has 0 aromatic carbocycles. The van der Waals surface area contributed by atoms with Gasteiger partial charge in [0.05, 0.1) is 12.0 Å². The van der Waals surface area contributed by atoms with Crippen LogP contribution in [0.4, 0.5) is 0 Å². The SMILES string of the molecule is CC(C)C(NC(=O)C1CC2CCC1N2)c1cccs1. The number of hydrogen-bond acceptors (Lipinski definition) is 3. The summed E-state index contributed by atoms with van der Waals surface area (Å²) in [5.74, 6) is 0.848. The van der Waals surface area contributed by atoms with Crippen molar-refractivity contribution in [3.05, 3.63) is 22.4 Å². The Balaban J connectivity index is 1.67. The van der Waals surface area contributed by atoms with Crippen molar-refractivity contribution in [2.45, 2.75) is 51.2 Å². The molecule has 1 aromatic heterocycles. The van der Waals surface area contributed by atoms with Crippen LogP contribution in [0, 0.1) is 11.8 Å². The third-order valence-corrected chi connectivity index (χ3v) is 5.41. The van der Waals surface area contributed by atoms with Gasteiger partial charge in [-0.05, 0) is 36.6 Å². The van der Waals surface area contributed by atoms with Gasteiger partial charge < -0.3 is 10.6 Å². The van der Waals surface area contributed by atoms with E-state index < -0.39 is 0 Å². The molecule has 2 aliphatic heterocycles. The minimum Gasteiger partial charge on any atom is -0.348 e. The van der Waals surface area contributed by atoms with Gasteiger partial charge in [-0.1, -0.05) is 19.9 Å². The summed E-state index contributed by atoms with van der Waals surface area (Å²) in [5, 5.41) is 8.89. The second kappa shape index (κ2) is 5.25. The summed E-state index contributed by atoms with van der Waals surface area (Å²) in [5.41, 5.74) is 0. The van der Waals surface area contributed by atoms with E-state index in [2.05, 4.69) is 42.0 Å². The van der Waals surface area contributed by atoms with Crippen molar-refractivity contribution < 1.29 is 4.79 Å². The number of hydrogen-bond donors (Lipinski definition) is 2. The Morgan fingerprint density at radius 2 is 2.32 bits per heavy atom. The molecule has 0 spiro atoms. The average molecular weight is 278 g/mol. The van der Waals surface area contributed by atoms with E-state index in [4.69, 9.17) is 0 Å². The second-order valence-electron chi connectivity index (χ2n) is 6.14. The number of carbonyl (C=O) groups excluding carboxylic acids is 1. The summed E-state index contributed by atoms with van der Waals surface area (Å²) in [6.45, 7) is 4.34. The Kier molecular flexibility index (Phi) is 3.63. The van der Waals surface area contributed by atoms with Gasteiger partial charge in [0, 0.05) is 17.0 Å². The van der Waals surface area contributed by atoms with Crippen LogP contribution in [-0.4, -0.2) is 18.0 Å². The van der Waals surface area contributed by atoms with Crippen LogP contribution in [0.25, 0.3) is 0 Å². The molecule has 1 aromatic rings. The summed E-state index contributed by atoms with van der Waals surface area (Å²) in [4.78, 5) is 13.8. The van der Waals surface area contributed by atoms with Crippen molar-refractivity contribution >= 4 is 17.2 Å². The van der Waals surface area contributed by atoms with Gasteiger partial charge in [0.1, 0.15) is 0 Å². The van der Waals surface area contributed by atoms with Crippen LogP contribution < -0.4 is 10.6 Å². The van der Waals surface area contributed by atoms with Crippen LogP contribution in [0.5, 0.6) is 0 Å². The van der Waals surface area contributed by atoms with Crippen LogP contribution in [-0.2, 0) is 4.79 Å². The summed E-state index contributed by atoms with van der Waals surface area (Å²) in [6, 6.07) is 5.34. The molecule has 4 heteroatoms. The lowest BCUT2D eigenvalue weighted by Crippen LogP contribution is -2.40. The quantitative estimate of drug-likeness (QED) is 0.889. The molecule has 0 aliphatic carbocycles. The van der Waals surface area contributed by atoms with Crippen molar-refractivity contribution in [3.63, 3.8) is 0 Å². The third-order valence-electron chi connectivity index (χ3n) is 4.45. The molecular weight excluding hydrogens is 256 g/mol. The lowest BCUT2D eigenvalue weighted by molar-refractivity contribution is -0.126. The van der Waals surface area contributed by atoms with Crippen LogP contribution in [0.3, 0.4) is 0 Å². The molecule has 0 saturated carbocycles. The standard InChI is InChI=1S/C15H22N2OS/c1-9(2)14(13-4-3-7-19-13)17-15(18)11-8-10-5-6-12(11)16-10/h3-4,7,9-12,14,16H,5-6,8H2,1-2H3,(H,17,18). The van der Waals surface area contributed by atoms with Crippen LogP contribution >= 0.6 is 11.3 Å². The Labute approximate surface area is 118 Å². The molecule has 2 aliphatic rings. The van der Waals surface area contributed by atoms with Gasteiger partial charge in [-0.25, -0.2) is 0 Å². The predicted molar refractivity (Wildman–Crippen MR) is 78.1 cm³/mol. The van der Waals surface area contributed by atoms with Crippen LogP contribution in [0.2, 0.25) is 0 Å². The van der Waals surface area contributed by atoms with E-state index in [1.807, 2.05) is 0 Å². The molecular formula is C15H22N2OS. The highest BCUT2D eigenvalue weighted by Gasteiger charge is 2.43. The Morgan fingerprint density at radius 3 is 2.84 bits per heavy atom. The maximum absolute atomic E-state index is 12.5. The van der Waals surface area contributed by atoms with Crippen molar-refractivity contribution in [3.8, 4) is 0 Å². The highest BCUT2D eigenvalue weighted by atomic mass is 32.1. The first-order valence-electron chi connectivity index (χ1n) is 7.25. The van der Waals surface area contributed by atoms with Crippen molar-refractivity contribution in [2.24, 2.45) is 11.8 Å². The second-order valence-corrected chi connectivity index (χ2v) is 7.11. The molecule has 3 heterocycles. The molecule has 4 unspecified atom stereocenters. The zero-order valence-corrected chi connectivity index (χ0v) is 12.4. The summed E-state index contributed by atoms with van der Waals surface area (Å²) >= 11 is 1.73. The van der Waals surface area contributed by atoms with Gasteiger partial charge in [0.15, 0.2) is 0 Å². The summed E-state index contributed by atoms with van der Waals surface area (Å²) < 4.78 is 0. The minimum absolute atomic E-state index is 0.159. The normalized spacial score (nSPS) is 30.8. The highest BCUT2D eigenvalue weighted by molar-refractivity contribution is 7.10. The largest absolute Gasteiger partial charge is 0.348 e. The molecule has 1 amide bonds. The summed E-state index contributed by atoms with van der Waals surface area (Å²) in [7, 11) is 0. The average Bonchev–Trinajstić information content (AvgIpc) is 3.10. The van der Waals surface area contributed by atoms with E-state index in [1.165, 1.54) is 11.3 Å². The van der Waals surface area contributed by atoms with Crippen molar-refractivity contribution in [2.75, 3.05) is 0 Å². The highest BCUT2D eigenvalue weighted by Crippen LogP contribution is 2.34. The van der Waals surface area contributed by atoms with E-state index in [9.17, 15) is 4.79 Å². The smallest absolute Gasteiger partial charge is 0.225 e. The van der Waals surface area contributed by atoms with E-state index in [1.54, 1.807) is 11.3 Å². The molecule has 104 valence electrons. The molecule has 2 N–H and O–H groups in total.